The number of hydrogen-bond donors (Lipinski definition) is 1. The van der Waals surface area contributed by atoms with E-state index in [-0.39, 0.29) is 6.10 Å². The fourth-order valence-corrected chi connectivity index (χ4v) is 3.40. The van der Waals surface area contributed by atoms with E-state index in [9.17, 15) is 5.11 Å². The van der Waals surface area contributed by atoms with E-state index in [1.165, 1.54) is 6.42 Å². The summed E-state index contributed by atoms with van der Waals surface area (Å²) in [5.41, 5.74) is 0.403. The van der Waals surface area contributed by atoms with Crippen molar-refractivity contribution in [1.82, 2.24) is 9.80 Å². The van der Waals surface area contributed by atoms with Crippen molar-refractivity contribution in [2.75, 3.05) is 27.2 Å². The predicted molar refractivity (Wildman–Crippen MR) is 71.1 cm³/mol. The van der Waals surface area contributed by atoms with Crippen molar-refractivity contribution in [3.05, 3.63) is 0 Å². The van der Waals surface area contributed by atoms with Crippen molar-refractivity contribution in [1.29, 1.82) is 0 Å². The Morgan fingerprint density at radius 2 is 1.94 bits per heavy atom. The van der Waals surface area contributed by atoms with E-state index in [4.69, 9.17) is 0 Å². The zero-order valence-corrected chi connectivity index (χ0v) is 11.8. The maximum Gasteiger partial charge on any atom is 0.0695 e. The van der Waals surface area contributed by atoms with Crippen LogP contribution in [0.4, 0.5) is 0 Å². The van der Waals surface area contributed by atoms with E-state index in [0.29, 0.717) is 17.5 Å². The molecule has 17 heavy (non-hydrogen) atoms. The molecule has 1 aliphatic carbocycles. The second-order valence-corrected chi connectivity index (χ2v) is 6.94. The van der Waals surface area contributed by atoms with Gasteiger partial charge < -0.3 is 10.0 Å². The highest BCUT2D eigenvalue weighted by atomic mass is 16.3. The molecule has 1 N–H and O–H groups in total. The number of likely N-dealkylation sites (N-methyl/N-ethyl adjacent to an activating group) is 1. The van der Waals surface area contributed by atoms with Crippen molar-refractivity contribution in [3.8, 4) is 0 Å². The van der Waals surface area contributed by atoms with Gasteiger partial charge in [0.15, 0.2) is 0 Å². The predicted octanol–water partition coefficient (Wildman–Crippen LogP) is 1.56. The summed E-state index contributed by atoms with van der Waals surface area (Å²) in [5.74, 6) is 0. The minimum atomic E-state index is -0.107. The minimum Gasteiger partial charge on any atom is -0.391 e. The first-order valence-corrected chi connectivity index (χ1v) is 6.97. The lowest BCUT2D eigenvalue weighted by Gasteiger charge is -2.43. The summed E-state index contributed by atoms with van der Waals surface area (Å²) in [4.78, 5) is 4.84. The fraction of sp³-hybridized carbons (Fsp3) is 1.00. The zero-order valence-electron chi connectivity index (χ0n) is 11.8. The molecule has 2 fully saturated rings. The summed E-state index contributed by atoms with van der Waals surface area (Å²) in [5, 5.41) is 10.2. The monoisotopic (exact) mass is 240 g/mol. The molecule has 1 saturated heterocycles. The summed E-state index contributed by atoms with van der Waals surface area (Å²) in [6, 6.07) is 1.07. The average Bonchev–Trinajstić information content (AvgIpc) is 2.71. The third kappa shape index (κ3) is 3.01. The van der Waals surface area contributed by atoms with Gasteiger partial charge in [-0.3, -0.25) is 4.90 Å². The molecule has 0 spiro atoms. The third-order valence-corrected chi connectivity index (χ3v) is 4.72. The molecule has 1 heterocycles. The standard InChI is InChI=1S/C14H28N2O/c1-14(2)7-5-13(17)12(9-14)16-8-6-11(10-16)15(3)4/h11-13,17H,5-10H2,1-4H3. The van der Waals surface area contributed by atoms with Crippen LogP contribution in [0.1, 0.15) is 39.5 Å². The van der Waals surface area contributed by atoms with Crippen molar-refractivity contribution >= 4 is 0 Å². The first kappa shape index (κ1) is 13.3. The van der Waals surface area contributed by atoms with Gasteiger partial charge in [0.1, 0.15) is 0 Å². The van der Waals surface area contributed by atoms with E-state index in [2.05, 4.69) is 37.7 Å². The number of hydrogen-bond acceptors (Lipinski definition) is 3. The van der Waals surface area contributed by atoms with Gasteiger partial charge >= 0.3 is 0 Å². The molecule has 1 aliphatic heterocycles. The molecule has 100 valence electrons. The van der Waals surface area contributed by atoms with Gasteiger partial charge in [-0.1, -0.05) is 13.8 Å². The molecule has 3 nitrogen and oxygen atoms in total. The van der Waals surface area contributed by atoms with Crippen molar-refractivity contribution in [2.45, 2.75) is 57.7 Å². The topological polar surface area (TPSA) is 26.7 Å². The summed E-state index contributed by atoms with van der Waals surface area (Å²) >= 11 is 0. The number of aliphatic hydroxyl groups is 1. The highest BCUT2D eigenvalue weighted by Crippen LogP contribution is 2.38. The quantitative estimate of drug-likeness (QED) is 0.793. The van der Waals surface area contributed by atoms with E-state index < -0.39 is 0 Å². The highest BCUT2D eigenvalue weighted by molar-refractivity contribution is 4.94. The molecule has 0 aromatic carbocycles. The van der Waals surface area contributed by atoms with Crippen LogP contribution in [0, 0.1) is 5.41 Å². The van der Waals surface area contributed by atoms with Gasteiger partial charge in [0, 0.05) is 25.2 Å². The van der Waals surface area contributed by atoms with Crippen LogP contribution in [-0.2, 0) is 0 Å². The Balaban J connectivity index is 1.97. The molecule has 0 bridgehead atoms. The fourth-order valence-electron chi connectivity index (χ4n) is 3.40. The zero-order chi connectivity index (χ0) is 12.6. The number of nitrogens with zero attached hydrogens (tertiary/aromatic N) is 2. The minimum absolute atomic E-state index is 0.107. The molecular weight excluding hydrogens is 212 g/mol. The Morgan fingerprint density at radius 1 is 1.24 bits per heavy atom. The first-order chi connectivity index (χ1) is 7.89. The van der Waals surface area contributed by atoms with Crippen molar-refractivity contribution in [2.24, 2.45) is 5.41 Å². The number of rotatable bonds is 2. The van der Waals surface area contributed by atoms with Crippen LogP contribution in [0.15, 0.2) is 0 Å². The molecule has 2 aliphatic rings. The maximum absolute atomic E-state index is 10.2. The van der Waals surface area contributed by atoms with Crippen LogP contribution in [-0.4, -0.2) is 60.3 Å². The lowest BCUT2D eigenvalue weighted by atomic mass is 9.73. The van der Waals surface area contributed by atoms with Crippen LogP contribution in [0.2, 0.25) is 0 Å². The molecule has 0 radical (unpaired) electrons. The molecule has 1 saturated carbocycles. The van der Waals surface area contributed by atoms with Gasteiger partial charge in [0.05, 0.1) is 6.10 Å². The normalized spacial score (nSPS) is 38.8. The van der Waals surface area contributed by atoms with Crippen LogP contribution >= 0.6 is 0 Å². The van der Waals surface area contributed by atoms with E-state index >= 15 is 0 Å². The molecule has 3 atom stereocenters. The molecule has 2 rings (SSSR count). The maximum atomic E-state index is 10.2. The van der Waals surface area contributed by atoms with Crippen LogP contribution < -0.4 is 0 Å². The molecule has 3 unspecified atom stereocenters. The third-order valence-electron chi connectivity index (χ3n) is 4.72. The van der Waals surface area contributed by atoms with Crippen LogP contribution in [0.3, 0.4) is 0 Å². The van der Waals surface area contributed by atoms with Gasteiger partial charge in [-0.2, -0.15) is 0 Å². The number of likely N-dealkylation sites (tertiary alicyclic amines) is 1. The largest absolute Gasteiger partial charge is 0.391 e. The van der Waals surface area contributed by atoms with E-state index in [1.54, 1.807) is 0 Å². The van der Waals surface area contributed by atoms with E-state index in [0.717, 1.165) is 32.4 Å². The summed E-state index contributed by atoms with van der Waals surface area (Å²) in [6.45, 7) is 6.96. The molecule has 0 amide bonds. The Labute approximate surface area is 106 Å². The summed E-state index contributed by atoms with van der Waals surface area (Å²) in [7, 11) is 4.32. The van der Waals surface area contributed by atoms with Crippen LogP contribution in [0.25, 0.3) is 0 Å². The summed E-state index contributed by atoms with van der Waals surface area (Å²) in [6.07, 6.45) is 4.42. The Kier molecular flexibility index (Phi) is 3.81. The van der Waals surface area contributed by atoms with Crippen molar-refractivity contribution in [3.63, 3.8) is 0 Å². The van der Waals surface area contributed by atoms with Gasteiger partial charge in [-0.15, -0.1) is 0 Å². The smallest absolute Gasteiger partial charge is 0.0695 e. The summed E-state index contributed by atoms with van der Waals surface area (Å²) < 4.78 is 0. The highest BCUT2D eigenvalue weighted by Gasteiger charge is 2.39. The number of aliphatic hydroxyl groups excluding tert-OH is 1. The lowest BCUT2D eigenvalue weighted by Crippen LogP contribution is -2.49. The van der Waals surface area contributed by atoms with Gasteiger partial charge in [-0.05, 0) is 45.2 Å². The van der Waals surface area contributed by atoms with Gasteiger partial charge in [0.25, 0.3) is 0 Å². The molecule has 3 heteroatoms. The molecular formula is C14H28N2O. The SMILES string of the molecule is CN(C)C1CCN(C2CC(C)(C)CCC2O)C1. The van der Waals surface area contributed by atoms with Gasteiger partial charge in [0.2, 0.25) is 0 Å². The molecule has 0 aromatic rings. The van der Waals surface area contributed by atoms with E-state index in [1.807, 2.05) is 0 Å². The average molecular weight is 240 g/mol. The Morgan fingerprint density at radius 3 is 2.53 bits per heavy atom. The van der Waals surface area contributed by atoms with Crippen LogP contribution in [0.5, 0.6) is 0 Å². The second kappa shape index (κ2) is 4.87. The second-order valence-electron chi connectivity index (χ2n) is 6.94. The first-order valence-electron chi connectivity index (χ1n) is 6.97. The molecule has 0 aromatic heterocycles. The van der Waals surface area contributed by atoms with Gasteiger partial charge in [-0.25, -0.2) is 0 Å². The Hall–Kier alpha value is -0.120. The lowest BCUT2D eigenvalue weighted by molar-refractivity contribution is -0.0101. The Bertz CT molecular complexity index is 265. The van der Waals surface area contributed by atoms with Crippen molar-refractivity contribution < 1.29 is 5.11 Å².